The first-order chi connectivity index (χ1) is 11.5. The fourth-order valence-corrected chi connectivity index (χ4v) is 2.01. The third-order valence-electron chi connectivity index (χ3n) is 3.35. The van der Waals surface area contributed by atoms with Crippen LogP contribution in [0.3, 0.4) is 0 Å². The molecule has 0 heterocycles. The second kappa shape index (κ2) is 9.89. The molecular weight excluding hydrogens is 320 g/mol. The van der Waals surface area contributed by atoms with Crippen molar-refractivity contribution in [2.45, 2.75) is 38.7 Å². The molecule has 0 amide bonds. The molecule has 0 radical (unpaired) electrons. The number of hydrogen-bond donors (Lipinski definition) is 2. The summed E-state index contributed by atoms with van der Waals surface area (Å²) in [6.07, 6.45) is 3.00. The first-order valence-corrected chi connectivity index (χ1v) is 7.80. The van der Waals surface area contributed by atoms with E-state index in [4.69, 9.17) is 29.9 Å². The molecule has 0 aromatic rings. The smallest absolute Gasteiger partial charge is 0.377 e. The van der Waals surface area contributed by atoms with Crippen molar-refractivity contribution in [1.82, 2.24) is 0 Å². The van der Waals surface area contributed by atoms with Gasteiger partial charge in [-0.05, 0) is 33.1 Å². The summed E-state index contributed by atoms with van der Waals surface area (Å²) in [4.78, 5) is 28.3. The number of oxime groups is 1. The lowest BCUT2D eigenvalue weighted by atomic mass is 9.79. The highest BCUT2D eigenvalue weighted by atomic mass is 16.7. The van der Waals surface area contributed by atoms with Crippen molar-refractivity contribution in [3.05, 3.63) is 11.8 Å². The van der Waals surface area contributed by atoms with E-state index in [9.17, 15) is 9.59 Å². The quantitative estimate of drug-likeness (QED) is 0.144. The van der Waals surface area contributed by atoms with Crippen molar-refractivity contribution in [3.8, 4) is 0 Å². The summed E-state index contributed by atoms with van der Waals surface area (Å²) in [5.74, 6) is -2.03. The van der Waals surface area contributed by atoms with Crippen LogP contribution in [0.5, 0.6) is 0 Å². The minimum atomic E-state index is -0.860. The molecule has 3 N–H and O–H groups in total. The van der Waals surface area contributed by atoms with E-state index in [1.54, 1.807) is 13.8 Å². The Bertz CT molecular complexity index is 498. The highest BCUT2D eigenvalue weighted by Gasteiger charge is 2.42. The molecule has 1 rings (SSSR count). The Hall–Kier alpha value is -2.13. The van der Waals surface area contributed by atoms with E-state index < -0.39 is 23.3 Å². The summed E-state index contributed by atoms with van der Waals surface area (Å²) in [6, 6.07) is 0. The Morgan fingerprint density at radius 2 is 1.92 bits per heavy atom. The van der Waals surface area contributed by atoms with Crippen molar-refractivity contribution < 1.29 is 33.7 Å². The molecule has 0 aliphatic heterocycles. The number of esters is 2. The topological polar surface area (TPSA) is 130 Å². The van der Waals surface area contributed by atoms with Gasteiger partial charge in [0.05, 0.1) is 32.5 Å². The first kappa shape index (κ1) is 19.9. The molecule has 24 heavy (non-hydrogen) atoms. The van der Waals surface area contributed by atoms with Crippen LogP contribution in [0.4, 0.5) is 0 Å². The normalized spacial score (nSPS) is 17.0. The van der Waals surface area contributed by atoms with Crippen molar-refractivity contribution in [3.63, 3.8) is 0 Å². The van der Waals surface area contributed by atoms with Gasteiger partial charge < -0.3 is 29.9 Å². The molecule has 0 bridgehead atoms. The molecule has 0 unspecified atom stereocenters. The van der Waals surface area contributed by atoms with E-state index in [1.807, 2.05) is 0 Å². The zero-order chi connectivity index (χ0) is 18.0. The van der Waals surface area contributed by atoms with Gasteiger partial charge in [0.25, 0.3) is 0 Å². The SMILES string of the molecule is CCOC(=O)C=C(ON=C(N)C1(OCCO)CCC1)C(=O)OCC. The van der Waals surface area contributed by atoms with Crippen molar-refractivity contribution in [1.29, 1.82) is 0 Å². The number of rotatable bonds is 10. The van der Waals surface area contributed by atoms with Gasteiger partial charge in [-0.25, -0.2) is 9.59 Å². The fraction of sp³-hybridized carbons (Fsp3) is 0.667. The van der Waals surface area contributed by atoms with E-state index >= 15 is 0 Å². The molecular formula is C15H24N2O7. The molecule has 9 heteroatoms. The minimum absolute atomic E-state index is 0.0289. The predicted octanol–water partition coefficient (Wildman–Crippen LogP) is 0.217. The average molecular weight is 344 g/mol. The average Bonchev–Trinajstić information content (AvgIpc) is 2.50. The van der Waals surface area contributed by atoms with Crippen molar-refractivity contribution in [2.24, 2.45) is 10.9 Å². The monoisotopic (exact) mass is 344 g/mol. The highest BCUT2D eigenvalue weighted by molar-refractivity contribution is 5.95. The first-order valence-electron chi connectivity index (χ1n) is 7.80. The zero-order valence-electron chi connectivity index (χ0n) is 13.9. The number of ether oxygens (including phenoxy) is 3. The Morgan fingerprint density at radius 1 is 1.25 bits per heavy atom. The van der Waals surface area contributed by atoms with Gasteiger partial charge in [-0.3, -0.25) is 0 Å². The number of nitrogens with two attached hydrogens (primary N) is 1. The van der Waals surface area contributed by atoms with Crippen LogP contribution >= 0.6 is 0 Å². The standard InChI is InChI=1S/C15H24N2O7/c1-3-21-12(19)10-11(13(20)22-4-2)24-17-14(16)15(6-5-7-15)23-9-8-18/h10,18H,3-9H2,1-2H3,(H2,16,17). The van der Waals surface area contributed by atoms with Crippen molar-refractivity contribution >= 4 is 17.8 Å². The highest BCUT2D eigenvalue weighted by Crippen LogP contribution is 2.35. The molecule has 9 nitrogen and oxygen atoms in total. The van der Waals surface area contributed by atoms with E-state index in [2.05, 4.69) is 5.16 Å². The third kappa shape index (κ3) is 5.50. The number of aliphatic hydroxyl groups excluding tert-OH is 1. The van der Waals surface area contributed by atoms with Crippen molar-refractivity contribution in [2.75, 3.05) is 26.4 Å². The summed E-state index contributed by atoms with van der Waals surface area (Å²) >= 11 is 0. The van der Waals surface area contributed by atoms with Crippen LogP contribution in [0.2, 0.25) is 0 Å². The minimum Gasteiger partial charge on any atom is -0.463 e. The van der Waals surface area contributed by atoms with Crippen LogP contribution in [0.25, 0.3) is 0 Å². The lowest BCUT2D eigenvalue weighted by molar-refractivity contribution is -0.144. The molecule has 1 aliphatic rings. The number of aliphatic hydroxyl groups is 1. The summed E-state index contributed by atoms with van der Waals surface area (Å²) in [6.45, 7) is 3.46. The Morgan fingerprint density at radius 3 is 2.42 bits per heavy atom. The van der Waals surface area contributed by atoms with Gasteiger partial charge in [-0.2, -0.15) is 0 Å². The molecule has 0 aromatic heterocycles. The van der Waals surface area contributed by atoms with Crippen LogP contribution in [-0.4, -0.2) is 54.9 Å². The Labute approximate surface area is 140 Å². The molecule has 0 saturated heterocycles. The van der Waals surface area contributed by atoms with Crippen LogP contribution in [0.1, 0.15) is 33.1 Å². The van der Waals surface area contributed by atoms with Crippen LogP contribution < -0.4 is 5.73 Å². The van der Waals surface area contributed by atoms with Gasteiger partial charge in [0.15, 0.2) is 5.84 Å². The van der Waals surface area contributed by atoms with Gasteiger partial charge in [-0.15, -0.1) is 0 Å². The molecule has 0 spiro atoms. The zero-order valence-corrected chi connectivity index (χ0v) is 13.9. The molecule has 1 aliphatic carbocycles. The molecule has 1 fully saturated rings. The second-order valence-electron chi connectivity index (χ2n) is 4.97. The number of hydrogen-bond acceptors (Lipinski definition) is 8. The second-order valence-corrected chi connectivity index (χ2v) is 4.97. The van der Waals surface area contributed by atoms with E-state index in [0.29, 0.717) is 12.8 Å². The Balaban J connectivity index is 2.85. The maximum atomic E-state index is 11.8. The van der Waals surface area contributed by atoms with Gasteiger partial charge >= 0.3 is 11.9 Å². The summed E-state index contributed by atoms with van der Waals surface area (Å²) in [5.41, 5.74) is 5.08. The molecule has 0 atom stereocenters. The fourth-order valence-electron chi connectivity index (χ4n) is 2.01. The Kier molecular flexibility index (Phi) is 8.20. The number of carbonyl (C=O) groups excluding carboxylic acids is 2. The van der Waals surface area contributed by atoms with Crippen LogP contribution in [-0.2, 0) is 28.6 Å². The molecule has 0 aromatic carbocycles. The molecule has 136 valence electrons. The van der Waals surface area contributed by atoms with E-state index in [-0.39, 0.29) is 32.3 Å². The third-order valence-corrected chi connectivity index (χ3v) is 3.35. The van der Waals surface area contributed by atoms with Gasteiger partial charge in [0.1, 0.15) is 5.60 Å². The summed E-state index contributed by atoms with van der Waals surface area (Å²) in [5, 5.41) is 12.6. The predicted molar refractivity (Wildman–Crippen MR) is 83.7 cm³/mol. The van der Waals surface area contributed by atoms with Gasteiger partial charge in [0, 0.05) is 0 Å². The largest absolute Gasteiger partial charge is 0.463 e. The lowest BCUT2D eigenvalue weighted by Gasteiger charge is -2.40. The maximum Gasteiger partial charge on any atom is 0.377 e. The maximum absolute atomic E-state index is 11.8. The molecule has 1 saturated carbocycles. The van der Waals surface area contributed by atoms with E-state index in [1.165, 1.54) is 0 Å². The van der Waals surface area contributed by atoms with Crippen LogP contribution in [0, 0.1) is 0 Å². The summed E-state index contributed by atoms with van der Waals surface area (Å²) in [7, 11) is 0. The number of carbonyl (C=O) groups is 2. The van der Waals surface area contributed by atoms with Gasteiger partial charge in [0.2, 0.25) is 5.76 Å². The number of nitrogens with zero attached hydrogens (tertiary/aromatic N) is 1. The number of amidine groups is 1. The van der Waals surface area contributed by atoms with Gasteiger partial charge in [-0.1, -0.05) is 5.16 Å². The summed E-state index contributed by atoms with van der Waals surface area (Å²) < 4.78 is 15.0. The van der Waals surface area contributed by atoms with Crippen LogP contribution in [0.15, 0.2) is 17.0 Å². The lowest BCUT2D eigenvalue weighted by Crippen LogP contribution is -2.52. The van der Waals surface area contributed by atoms with E-state index in [0.717, 1.165) is 12.5 Å².